The van der Waals surface area contributed by atoms with Gasteiger partial charge < -0.3 is 24.5 Å². The average molecular weight is 647 g/mol. The van der Waals surface area contributed by atoms with Gasteiger partial charge in [-0.25, -0.2) is 4.39 Å². The number of amides is 1. The van der Waals surface area contributed by atoms with Crippen molar-refractivity contribution in [3.63, 3.8) is 0 Å². The van der Waals surface area contributed by atoms with E-state index in [-0.39, 0.29) is 33.8 Å². The SMILES string of the molecule is CN(C)C/C=C/C(=O)N1CCN(c2nc(OCCN3CCCCC3)nc3c(F)c(-c4cc(O)cc5ccccc45)c(Cl)cc23)CC1. The first-order chi connectivity index (χ1) is 22.3. The third-order valence-electron chi connectivity index (χ3n) is 8.67. The van der Waals surface area contributed by atoms with Crippen LogP contribution in [0.5, 0.6) is 11.8 Å². The number of ether oxygens (including phenoxy) is 1. The van der Waals surface area contributed by atoms with Crippen LogP contribution >= 0.6 is 11.6 Å². The van der Waals surface area contributed by atoms with Gasteiger partial charge in [0.15, 0.2) is 5.82 Å². The lowest BCUT2D eigenvalue weighted by atomic mass is 9.96. The van der Waals surface area contributed by atoms with E-state index in [1.165, 1.54) is 25.3 Å². The number of carbonyl (C=O) groups excluding carboxylic acids is 1. The van der Waals surface area contributed by atoms with E-state index < -0.39 is 5.82 Å². The highest BCUT2D eigenvalue weighted by molar-refractivity contribution is 6.35. The molecule has 2 fully saturated rings. The van der Waals surface area contributed by atoms with Gasteiger partial charge in [0.25, 0.3) is 0 Å². The van der Waals surface area contributed by atoms with Crippen LogP contribution in [0.1, 0.15) is 19.3 Å². The van der Waals surface area contributed by atoms with Crippen LogP contribution in [0.15, 0.2) is 54.6 Å². The normalized spacial score (nSPS) is 16.3. The summed E-state index contributed by atoms with van der Waals surface area (Å²) < 4.78 is 22.8. The third kappa shape index (κ3) is 7.04. The Kier molecular flexibility index (Phi) is 9.86. The van der Waals surface area contributed by atoms with Crippen molar-refractivity contribution in [2.75, 3.05) is 78.0 Å². The number of anilines is 1. The van der Waals surface area contributed by atoms with Crippen LogP contribution in [0, 0.1) is 5.82 Å². The number of phenolic OH excluding ortho intramolecular Hbond substituents is 1. The predicted octanol–water partition coefficient (Wildman–Crippen LogP) is 5.58. The molecule has 11 heteroatoms. The van der Waals surface area contributed by atoms with Crippen molar-refractivity contribution in [2.45, 2.75) is 19.3 Å². The Bertz CT molecular complexity index is 1750. The Morgan fingerprint density at radius 3 is 2.54 bits per heavy atom. The van der Waals surface area contributed by atoms with E-state index in [1.54, 1.807) is 23.1 Å². The van der Waals surface area contributed by atoms with Crippen LogP contribution in [0.3, 0.4) is 0 Å². The molecule has 0 radical (unpaired) electrons. The summed E-state index contributed by atoms with van der Waals surface area (Å²) in [6.07, 6.45) is 7.08. The van der Waals surface area contributed by atoms with Gasteiger partial charge in [-0.3, -0.25) is 9.69 Å². The summed E-state index contributed by atoms with van der Waals surface area (Å²) in [4.78, 5) is 30.3. The number of hydrogen-bond donors (Lipinski definition) is 1. The molecule has 0 atom stereocenters. The van der Waals surface area contributed by atoms with Crippen LogP contribution in [0.25, 0.3) is 32.8 Å². The van der Waals surface area contributed by atoms with E-state index in [0.29, 0.717) is 56.1 Å². The van der Waals surface area contributed by atoms with Crippen LogP contribution in [0.4, 0.5) is 10.2 Å². The number of piperidine rings is 1. The molecule has 0 spiro atoms. The van der Waals surface area contributed by atoms with Crippen LogP contribution in [-0.4, -0.2) is 109 Å². The largest absolute Gasteiger partial charge is 0.508 e. The number of fused-ring (bicyclic) bond motifs is 2. The number of hydrogen-bond acceptors (Lipinski definition) is 8. The van der Waals surface area contributed by atoms with Gasteiger partial charge in [0, 0.05) is 56.3 Å². The number of likely N-dealkylation sites (tertiary alicyclic amines) is 1. The molecule has 9 nitrogen and oxygen atoms in total. The van der Waals surface area contributed by atoms with Crippen LogP contribution in [0.2, 0.25) is 5.02 Å². The highest BCUT2D eigenvalue weighted by atomic mass is 35.5. The monoisotopic (exact) mass is 646 g/mol. The van der Waals surface area contributed by atoms with Gasteiger partial charge >= 0.3 is 6.01 Å². The first kappa shape index (κ1) is 32.0. The highest BCUT2D eigenvalue weighted by Crippen LogP contribution is 2.42. The second-order valence-electron chi connectivity index (χ2n) is 12.2. The average Bonchev–Trinajstić information content (AvgIpc) is 3.05. The van der Waals surface area contributed by atoms with Gasteiger partial charge in [-0.15, -0.1) is 0 Å². The molecular formula is C35H40ClFN6O3. The molecule has 0 bridgehead atoms. The predicted molar refractivity (Wildman–Crippen MR) is 181 cm³/mol. The number of nitrogens with zero attached hydrogens (tertiary/aromatic N) is 6. The minimum Gasteiger partial charge on any atom is -0.508 e. The molecule has 1 N–H and O–H groups in total. The Balaban J connectivity index is 1.35. The zero-order chi connectivity index (χ0) is 32.2. The number of aromatic hydroxyl groups is 1. The summed E-state index contributed by atoms with van der Waals surface area (Å²) in [5.41, 5.74) is 0.724. The molecule has 0 saturated carbocycles. The second kappa shape index (κ2) is 14.2. The van der Waals surface area contributed by atoms with Crippen molar-refractivity contribution >= 4 is 45.0 Å². The lowest BCUT2D eigenvalue weighted by Crippen LogP contribution is -2.48. The second-order valence-corrected chi connectivity index (χ2v) is 12.6. The summed E-state index contributed by atoms with van der Waals surface area (Å²) in [5, 5.41) is 12.7. The molecule has 2 aliphatic heterocycles. The lowest BCUT2D eigenvalue weighted by Gasteiger charge is -2.35. The lowest BCUT2D eigenvalue weighted by molar-refractivity contribution is -0.126. The van der Waals surface area contributed by atoms with Crippen molar-refractivity contribution in [1.29, 1.82) is 0 Å². The third-order valence-corrected chi connectivity index (χ3v) is 8.97. The fourth-order valence-electron chi connectivity index (χ4n) is 6.27. The van der Waals surface area contributed by atoms with Gasteiger partial charge in [-0.2, -0.15) is 9.97 Å². The van der Waals surface area contributed by atoms with Crippen molar-refractivity contribution in [2.24, 2.45) is 0 Å². The maximum Gasteiger partial charge on any atom is 0.319 e. The van der Waals surface area contributed by atoms with E-state index in [9.17, 15) is 9.90 Å². The molecule has 2 saturated heterocycles. The molecule has 46 heavy (non-hydrogen) atoms. The molecule has 6 rings (SSSR count). The number of likely N-dealkylation sites (N-methyl/N-ethyl adjacent to an activating group) is 1. The summed E-state index contributed by atoms with van der Waals surface area (Å²) >= 11 is 6.86. The molecule has 0 aliphatic carbocycles. The Morgan fingerprint density at radius 2 is 1.78 bits per heavy atom. The number of halogens is 2. The number of piperazine rings is 1. The van der Waals surface area contributed by atoms with Gasteiger partial charge in [0.05, 0.1) is 5.02 Å². The Hall–Kier alpha value is -3.99. The quantitative estimate of drug-likeness (QED) is 0.236. The first-order valence-corrected chi connectivity index (χ1v) is 16.3. The minimum atomic E-state index is -0.609. The van der Waals surface area contributed by atoms with Gasteiger partial charge in [0.1, 0.15) is 23.7 Å². The topological polar surface area (TPSA) is 85.3 Å². The molecule has 0 unspecified atom stereocenters. The van der Waals surface area contributed by atoms with Crippen LogP contribution in [-0.2, 0) is 4.79 Å². The number of benzene rings is 3. The first-order valence-electron chi connectivity index (χ1n) is 15.9. The van der Waals surface area contributed by atoms with E-state index >= 15 is 4.39 Å². The number of rotatable bonds is 9. The summed E-state index contributed by atoms with van der Waals surface area (Å²) in [5.74, 6) is -0.116. The standard InChI is InChI=1S/C35H40ClFN6O3/c1-40(2)12-8-11-30(45)42-15-17-43(18-16-42)34-28-23-29(36)31(27-22-25(44)21-24-9-4-5-10-26(24)27)32(37)33(28)38-35(39-34)46-20-19-41-13-6-3-7-14-41/h4-5,8-11,21-23,44H,3,6-7,12-20H2,1-2H3/b11-8+. The minimum absolute atomic E-state index is 0.0124. The fourth-order valence-corrected chi connectivity index (χ4v) is 6.57. The molecular weight excluding hydrogens is 607 g/mol. The Morgan fingerprint density at radius 1 is 1.02 bits per heavy atom. The molecule has 3 heterocycles. The van der Waals surface area contributed by atoms with Crippen LogP contribution < -0.4 is 9.64 Å². The highest BCUT2D eigenvalue weighted by Gasteiger charge is 2.27. The van der Waals surface area contributed by atoms with E-state index in [4.69, 9.17) is 21.3 Å². The van der Waals surface area contributed by atoms with E-state index in [1.807, 2.05) is 54.2 Å². The molecule has 1 amide bonds. The maximum absolute atomic E-state index is 16.8. The molecule has 4 aromatic rings. The van der Waals surface area contributed by atoms with Crippen molar-refractivity contribution in [3.8, 4) is 22.9 Å². The molecule has 1 aromatic heterocycles. The zero-order valence-corrected chi connectivity index (χ0v) is 27.1. The summed E-state index contributed by atoms with van der Waals surface area (Å²) in [6.45, 7) is 5.87. The maximum atomic E-state index is 16.8. The summed E-state index contributed by atoms with van der Waals surface area (Å²) in [7, 11) is 3.91. The van der Waals surface area contributed by atoms with Crippen molar-refractivity contribution in [3.05, 3.63) is 65.5 Å². The van der Waals surface area contributed by atoms with E-state index in [2.05, 4.69) is 9.88 Å². The number of aromatic nitrogens is 2. The molecule has 242 valence electrons. The van der Waals surface area contributed by atoms with Gasteiger partial charge in [0.2, 0.25) is 5.91 Å². The number of phenols is 1. The molecule has 3 aromatic carbocycles. The molecule has 2 aliphatic rings. The fraction of sp³-hybridized carbons (Fsp3) is 0.400. The van der Waals surface area contributed by atoms with Crippen molar-refractivity contribution in [1.82, 2.24) is 24.7 Å². The smallest absolute Gasteiger partial charge is 0.319 e. The summed E-state index contributed by atoms with van der Waals surface area (Å²) in [6, 6.07) is 12.4. The Labute approximate surface area is 273 Å². The van der Waals surface area contributed by atoms with Crippen molar-refractivity contribution < 1.29 is 19.0 Å². The van der Waals surface area contributed by atoms with E-state index in [0.717, 1.165) is 30.4 Å². The van der Waals surface area contributed by atoms with Gasteiger partial charge in [-0.1, -0.05) is 48.4 Å². The number of carbonyl (C=O) groups is 1. The van der Waals surface area contributed by atoms with Gasteiger partial charge in [-0.05, 0) is 74.6 Å². The zero-order valence-electron chi connectivity index (χ0n) is 26.4.